The molecule has 0 atom stereocenters. The van der Waals surface area contributed by atoms with Crippen LogP contribution in [0, 0.1) is 18.3 Å². The van der Waals surface area contributed by atoms with Crippen LogP contribution in [0.3, 0.4) is 0 Å². The van der Waals surface area contributed by atoms with Crippen molar-refractivity contribution in [2.45, 2.75) is 6.92 Å². The molecule has 0 aliphatic rings. The van der Waals surface area contributed by atoms with Gasteiger partial charge in [0.1, 0.15) is 0 Å². The summed E-state index contributed by atoms with van der Waals surface area (Å²) < 4.78 is 1.05. The molecule has 1 aromatic heterocycles. The number of aromatic nitrogens is 3. The van der Waals surface area contributed by atoms with Crippen molar-refractivity contribution < 1.29 is 0 Å². The smallest absolute Gasteiger partial charge is 0.249 e. The number of benzene rings is 2. The van der Waals surface area contributed by atoms with Crippen molar-refractivity contribution in [3.63, 3.8) is 0 Å². The molecule has 3 aromatic rings. The van der Waals surface area contributed by atoms with E-state index in [4.69, 9.17) is 5.26 Å². The topological polar surface area (TPSA) is 86.5 Å². The molecule has 2 N–H and O–H groups in total. The number of nitriles is 1. The molecule has 0 fully saturated rings. The minimum absolute atomic E-state index is 0.351. The van der Waals surface area contributed by atoms with E-state index in [1.807, 2.05) is 31.2 Å². The fourth-order valence-electron chi connectivity index (χ4n) is 2.08. The van der Waals surface area contributed by atoms with E-state index in [1.165, 1.54) is 0 Å². The van der Waals surface area contributed by atoms with E-state index in [0.717, 1.165) is 21.4 Å². The van der Waals surface area contributed by atoms with Crippen molar-refractivity contribution in [1.29, 1.82) is 5.26 Å². The third-order valence-corrected chi connectivity index (χ3v) is 4.13. The molecule has 0 aliphatic heterocycles. The molecule has 0 unspecified atom stereocenters. The van der Waals surface area contributed by atoms with Crippen LogP contribution in [-0.2, 0) is 0 Å². The second kappa shape index (κ2) is 7.06. The Morgan fingerprint density at radius 1 is 1.08 bits per heavy atom. The van der Waals surface area contributed by atoms with Crippen molar-refractivity contribution in [1.82, 2.24) is 15.2 Å². The molecule has 24 heavy (non-hydrogen) atoms. The van der Waals surface area contributed by atoms with Gasteiger partial charge in [-0.25, -0.2) is 0 Å². The molecule has 1 heterocycles. The highest BCUT2D eigenvalue weighted by atomic mass is 79.9. The highest BCUT2D eigenvalue weighted by Crippen LogP contribution is 2.22. The van der Waals surface area contributed by atoms with Gasteiger partial charge in [0.2, 0.25) is 5.95 Å². The van der Waals surface area contributed by atoms with E-state index >= 15 is 0 Å². The molecule has 0 aliphatic carbocycles. The lowest BCUT2D eigenvalue weighted by atomic mass is 10.2. The predicted octanol–water partition coefficient (Wildman–Crippen LogP) is 4.30. The standard InChI is InChI=1S/C17H13BrN6/c1-11-7-14(5-6-15(11)18)21-16-10-20-24-17(23-16)22-13-4-2-3-12(8-13)9-19/h2-8,10H,1H3,(H2,21,22,23,24). The summed E-state index contributed by atoms with van der Waals surface area (Å²) in [6, 6.07) is 15.1. The van der Waals surface area contributed by atoms with Crippen LogP contribution in [0.1, 0.15) is 11.1 Å². The van der Waals surface area contributed by atoms with Crippen molar-refractivity contribution >= 4 is 39.1 Å². The molecule has 2 aromatic carbocycles. The molecule has 0 radical (unpaired) electrons. The quantitative estimate of drug-likeness (QED) is 0.701. The Kier molecular flexibility index (Phi) is 4.68. The number of hydrogen-bond donors (Lipinski definition) is 2. The van der Waals surface area contributed by atoms with Gasteiger partial charge in [0, 0.05) is 15.8 Å². The highest BCUT2D eigenvalue weighted by molar-refractivity contribution is 9.10. The molecule has 0 saturated carbocycles. The average Bonchev–Trinajstić information content (AvgIpc) is 2.59. The zero-order chi connectivity index (χ0) is 16.9. The van der Waals surface area contributed by atoms with Gasteiger partial charge in [-0.3, -0.25) is 0 Å². The summed E-state index contributed by atoms with van der Waals surface area (Å²) in [4.78, 5) is 4.38. The van der Waals surface area contributed by atoms with Crippen LogP contribution in [0.2, 0.25) is 0 Å². The van der Waals surface area contributed by atoms with Gasteiger partial charge in [-0.2, -0.15) is 15.3 Å². The van der Waals surface area contributed by atoms with E-state index in [-0.39, 0.29) is 0 Å². The Morgan fingerprint density at radius 3 is 2.71 bits per heavy atom. The van der Waals surface area contributed by atoms with Crippen molar-refractivity contribution in [3.05, 3.63) is 64.3 Å². The van der Waals surface area contributed by atoms with Gasteiger partial charge in [0.25, 0.3) is 0 Å². The zero-order valence-electron chi connectivity index (χ0n) is 12.8. The molecular weight excluding hydrogens is 368 g/mol. The van der Waals surface area contributed by atoms with Crippen LogP contribution in [-0.4, -0.2) is 15.2 Å². The SMILES string of the molecule is Cc1cc(Nc2cnnc(Nc3cccc(C#N)c3)n2)ccc1Br. The Labute approximate surface area is 147 Å². The molecule has 6 nitrogen and oxygen atoms in total. The van der Waals surface area contributed by atoms with E-state index in [9.17, 15) is 0 Å². The van der Waals surface area contributed by atoms with E-state index < -0.39 is 0 Å². The minimum Gasteiger partial charge on any atom is -0.339 e. The molecule has 0 amide bonds. The second-order valence-electron chi connectivity index (χ2n) is 5.07. The number of rotatable bonds is 4. The summed E-state index contributed by atoms with van der Waals surface area (Å²) in [6.45, 7) is 2.02. The van der Waals surface area contributed by atoms with Crippen molar-refractivity contribution in [2.24, 2.45) is 0 Å². The fourth-order valence-corrected chi connectivity index (χ4v) is 2.33. The summed E-state index contributed by atoms with van der Waals surface area (Å²) in [6.07, 6.45) is 1.55. The van der Waals surface area contributed by atoms with Gasteiger partial charge in [-0.05, 0) is 48.9 Å². The van der Waals surface area contributed by atoms with E-state index in [0.29, 0.717) is 17.3 Å². The lowest BCUT2D eigenvalue weighted by molar-refractivity contribution is 0.982. The first-order valence-corrected chi connectivity index (χ1v) is 7.93. The fraction of sp³-hybridized carbons (Fsp3) is 0.0588. The molecule has 0 saturated heterocycles. The zero-order valence-corrected chi connectivity index (χ0v) is 14.4. The Bertz CT molecular complexity index is 919. The summed E-state index contributed by atoms with van der Waals surface area (Å²) in [5.41, 5.74) is 3.32. The second-order valence-corrected chi connectivity index (χ2v) is 5.93. The first-order chi connectivity index (χ1) is 11.6. The summed E-state index contributed by atoms with van der Waals surface area (Å²) >= 11 is 3.48. The van der Waals surface area contributed by atoms with Crippen LogP contribution >= 0.6 is 15.9 Å². The lowest BCUT2D eigenvalue weighted by Gasteiger charge is -2.09. The molecule has 118 valence electrons. The highest BCUT2D eigenvalue weighted by Gasteiger charge is 2.04. The van der Waals surface area contributed by atoms with Crippen LogP contribution in [0.25, 0.3) is 0 Å². The Balaban J connectivity index is 1.78. The lowest BCUT2D eigenvalue weighted by Crippen LogP contribution is -2.02. The van der Waals surface area contributed by atoms with Crippen LogP contribution in [0.5, 0.6) is 0 Å². The average molecular weight is 381 g/mol. The van der Waals surface area contributed by atoms with E-state index in [2.05, 4.69) is 47.8 Å². The van der Waals surface area contributed by atoms with Crippen molar-refractivity contribution in [2.75, 3.05) is 10.6 Å². The van der Waals surface area contributed by atoms with Gasteiger partial charge < -0.3 is 10.6 Å². The number of anilines is 4. The first-order valence-electron chi connectivity index (χ1n) is 7.14. The maximum atomic E-state index is 8.94. The van der Waals surface area contributed by atoms with E-state index in [1.54, 1.807) is 24.4 Å². The molecular formula is C17H13BrN6. The maximum Gasteiger partial charge on any atom is 0.249 e. The maximum absolute atomic E-state index is 8.94. The Hall–Kier alpha value is -2.98. The number of aryl methyl sites for hydroxylation is 1. The number of nitrogens with zero attached hydrogens (tertiary/aromatic N) is 4. The van der Waals surface area contributed by atoms with Gasteiger partial charge in [0.05, 0.1) is 17.8 Å². The summed E-state index contributed by atoms with van der Waals surface area (Å²) in [7, 11) is 0. The molecule has 7 heteroatoms. The normalized spacial score (nSPS) is 10.0. The van der Waals surface area contributed by atoms with Gasteiger partial charge in [-0.1, -0.05) is 22.0 Å². The third-order valence-electron chi connectivity index (χ3n) is 3.24. The number of nitrogens with one attached hydrogen (secondary N) is 2. The predicted molar refractivity (Wildman–Crippen MR) is 96.4 cm³/mol. The largest absolute Gasteiger partial charge is 0.339 e. The van der Waals surface area contributed by atoms with Crippen LogP contribution in [0.4, 0.5) is 23.1 Å². The van der Waals surface area contributed by atoms with Gasteiger partial charge >= 0.3 is 0 Å². The minimum atomic E-state index is 0.351. The molecule has 0 bridgehead atoms. The van der Waals surface area contributed by atoms with Crippen LogP contribution < -0.4 is 10.6 Å². The molecule has 3 rings (SSSR count). The number of halogens is 1. The van der Waals surface area contributed by atoms with Gasteiger partial charge in [0.15, 0.2) is 5.82 Å². The monoisotopic (exact) mass is 380 g/mol. The summed E-state index contributed by atoms with van der Waals surface area (Å²) in [5.74, 6) is 0.926. The first kappa shape index (κ1) is 15.9. The Morgan fingerprint density at radius 2 is 1.92 bits per heavy atom. The van der Waals surface area contributed by atoms with Crippen molar-refractivity contribution in [3.8, 4) is 6.07 Å². The van der Waals surface area contributed by atoms with Gasteiger partial charge in [-0.15, -0.1) is 5.10 Å². The third kappa shape index (κ3) is 3.86. The summed E-state index contributed by atoms with van der Waals surface area (Å²) in [5, 5.41) is 23.1. The number of hydrogen-bond acceptors (Lipinski definition) is 6. The molecule has 0 spiro atoms. The van der Waals surface area contributed by atoms with Crippen LogP contribution in [0.15, 0.2) is 53.1 Å².